The second-order valence-corrected chi connectivity index (χ2v) is 5.81. The highest BCUT2D eigenvalue weighted by Gasteiger charge is 2.31. The normalized spacial score (nSPS) is 13.1. The minimum atomic E-state index is -3.60. The molecule has 0 aliphatic rings. The molecular weight excluding hydrogens is 281 g/mol. The van der Waals surface area contributed by atoms with Gasteiger partial charge in [0.2, 0.25) is 0 Å². The van der Waals surface area contributed by atoms with Crippen molar-refractivity contribution in [1.29, 1.82) is 0 Å². The van der Waals surface area contributed by atoms with E-state index in [1.54, 1.807) is 13.8 Å². The molecule has 0 aliphatic carbocycles. The van der Waals surface area contributed by atoms with Gasteiger partial charge in [-0.3, -0.25) is 13.8 Å². The van der Waals surface area contributed by atoms with Crippen LogP contribution in [0.1, 0.15) is 19.4 Å². The quantitative estimate of drug-likeness (QED) is 0.682. The Kier molecular flexibility index (Phi) is 6.88. The second-order valence-electron chi connectivity index (χ2n) is 4.04. The minimum Gasteiger partial charge on any atom is -0.480 e. The first-order valence-electron chi connectivity index (χ1n) is 6.44. The first-order valence-corrected chi connectivity index (χ1v) is 7.98. The average Bonchev–Trinajstić information content (AvgIpc) is 2.39. The summed E-state index contributed by atoms with van der Waals surface area (Å²) in [4.78, 5) is 11.3. The molecule has 7 heteroatoms. The molecule has 0 saturated heterocycles. The summed E-state index contributed by atoms with van der Waals surface area (Å²) in [5.41, 5.74) is 0.826. The largest absolute Gasteiger partial charge is 0.480 e. The molecule has 0 fully saturated rings. The summed E-state index contributed by atoms with van der Waals surface area (Å²) in [6.07, 6.45) is 0.195. The molecule has 0 radical (unpaired) electrons. The lowest BCUT2D eigenvalue weighted by Gasteiger charge is -2.22. The highest BCUT2D eigenvalue weighted by atomic mass is 31.2. The van der Waals surface area contributed by atoms with Crippen LogP contribution in [0, 0.1) is 0 Å². The Morgan fingerprint density at radius 2 is 1.80 bits per heavy atom. The number of hydrogen-bond donors (Lipinski definition) is 2. The number of carbonyl (C=O) groups is 1. The van der Waals surface area contributed by atoms with Crippen LogP contribution < -0.4 is 5.09 Å². The Morgan fingerprint density at radius 3 is 2.25 bits per heavy atom. The number of carboxylic acid groups (broad SMARTS) is 1. The zero-order chi connectivity index (χ0) is 15.0. The number of rotatable bonds is 9. The number of hydrogen-bond acceptors (Lipinski definition) is 4. The van der Waals surface area contributed by atoms with Crippen LogP contribution in [-0.2, 0) is 24.8 Å². The van der Waals surface area contributed by atoms with E-state index in [2.05, 4.69) is 5.09 Å². The van der Waals surface area contributed by atoms with Crippen molar-refractivity contribution in [3.63, 3.8) is 0 Å². The molecule has 0 saturated carbocycles. The topological polar surface area (TPSA) is 84.9 Å². The number of carboxylic acids is 1. The van der Waals surface area contributed by atoms with Crippen molar-refractivity contribution in [2.24, 2.45) is 0 Å². The Morgan fingerprint density at radius 1 is 1.25 bits per heavy atom. The van der Waals surface area contributed by atoms with Gasteiger partial charge in [0.15, 0.2) is 0 Å². The first-order chi connectivity index (χ1) is 9.50. The first kappa shape index (κ1) is 16.9. The summed E-state index contributed by atoms with van der Waals surface area (Å²) in [5.74, 6) is -1.10. The minimum absolute atomic E-state index is 0.169. The standard InChI is InChI=1S/C13H20NO5P/c1-3-18-20(17,19-4-2)14-12(13(15)16)10-11-8-6-5-7-9-11/h5-9,12H,3-4,10H2,1-2H3,(H,14,17)(H,15,16)/t12-/m0/s1. The van der Waals surface area contributed by atoms with Crippen molar-refractivity contribution in [2.75, 3.05) is 13.2 Å². The third-order valence-electron chi connectivity index (χ3n) is 2.49. The van der Waals surface area contributed by atoms with Crippen LogP contribution in [0.15, 0.2) is 30.3 Å². The molecule has 1 aromatic carbocycles. The van der Waals surface area contributed by atoms with Gasteiger partial charge >= 0.3 is 13.7 Å². The number of benzene rings is 1. The van der Waals surface area contributed by atoms with Crippen molar-refractivity contribution in [3.05, 3.63) is 35.9 Å². The third kappa shape index (κ3) is 5.43. The van der Waals surface area contributed by atoms with Crippen LogP contribution in [0.25, 0.3) is 0 Å². The molecule has 1 aromatic rings. The lowest BCUT2D eigenvalue weighted by Crippen LogP contribution is -2.37. The van der Waals surface area contributed by atoms with E-state index in [0.29, 0.717) is 0 Å². The van der Waals surface area contributed by atoms with Gasteiger partial charge in [0.05, 0.1) is 13.2 Å². The van der Waals surface area contributed by atoms with Crippen molar-refractivity contribution in [1.82, 2.24) is 5.09 Å². The molecule has 0 spiro atoms. The molecule has 0 heterocycles. The van der Waals surface area contributed by atoms with Gasteiger partial charge in [0.1, 0.15) is 6.04 Å². The van der Waals surface area contributed by atoms with Crippen molar-refractivity contribution < 1.29 is 23.5 Å². The molecule has 0 aromatic heterocycles. The summed E-state index contributed by atoms with van der Waals surface area (Å²) in [7, 11) is -3.60. The Labute approximate surface area is 118 Å². The van der Waals surface area contributed by atoms with E-state index in [4.69, 9.17) is 9.05 Å². The smallest absolute Gasteiger partial charge is 0.406 e. The van der Waals surface area contributed by atoms with E-state index in [1.807, 2.05) is 30.3 Å². The summed E-state index contributed by atoms with van der Waals surface area (Å²) in [6.45, 7) is 3.67. The SMILES string of the molecule is CCOP(=O)(N[C@@H](Cc1ccccc1)C(=O)O)OCC. The molecular formula is C13H20NO5P. The fourth-order valence-electron chi connectivity index (χ4n) is 1.68. The summed E-state index contributed by atoms with van der Waals surface area (Å²) in [6, 6.07) is 8.06. The Hall–Kier alpha value is -1.20. The maximum absolute atomic E-state index is 12.3. The molecule has 0 bridgehead atoms. The summed E-state index contributed by atoms with van der Waals surface area (Å²) >= 11 is 0. The Bertz CT molecular complexity index is 455. The van der Waals surface area contributed by atoms with Gasteiger partial charge in [-0.15, -0.1) is 0 Å². The van der Waals surface area contributed by atoms with Gasteiger partial charge < -0.3 is 5.11 Å². The van der Waals surface area contributed by atoms with Gasteiger partial charge in [-0.05, 0) is 25.8 Å². The van der Waals surface area contributed by atoms with Crippen LogP contribution in [0.5, 0.6) is 0 Å². The maximum Gasteiger partial charge on any atom is 0.406 e. The number of aliphatic carboxylic acids is 1. The molecule has 1 rings (SSSR count). The number of nitrogens with one attached hydrogen (secondary N) is 1. The molecule has 20 heavy (non-hydrogen) atoms. The highest BCUT2D eigenvalue weighted by Crippen LogP contribution is 2.44. The fourth-order valence-corrected chi connectivity index (χ4v) is 3.17. The van der Waals surface area contributed by atoms with Gasteiger partial charge in [-0.1, -0.05) is 30.3 Å². The second kappa shape index (κ2) is 8.17. The van der Waals surface area contributed by atoms with E-state index in [9.17, 15) is 14.5 Å². The zero-order valence-corrected chi connectivity index (χ0v) is 12.5. The predicted octanol–water partition coefficient (Wildman–Crippen LogP) is 2.45. The third-order valence-corrected chi connectivity index (χ3v) is 4.32. The molecule has 6 nitrogen and oxygen atoms in total. The summed E-state index contributed by atoms with van der Waals surface area (Å²) in [5, 5.41) is 11.7. The van der Waals surface area contributed by atoms with E-state index in [0.717, 1.165) is 5.56 Å². The van der Waals surface area contributed by atoms with Crippen molar-refractivity contribution in [3.8, 4) is 0 Å². The molecule has 0 aliphatic heterocycles. The fraction of sp³-hybridized carbons (Fsp3) is 0.462. The van der Waals surface area contributed by atoms with Crippen LogP contribution in [-0.4, -0.2) is 30.3 Å². The van der Waals surface area contributed by atoms with Crippen molar-refractivity contribution in [2.45, 2.75) is 26.3 Å². The lowest BCUT2D eigenvalue weighted by molar-refractivity contribution is -0.139. The molecule has 1 atom stereocenters. The van der Waals surface area contributed by atoms with Crippen LogP contribution in [0.3, 0.4) is 0 Å². The molecule has 2 N–H and O–H groups in total. The molecule has 0 unspecified atom stereocenters. The van der Waals surface area contributed by atoms with E-state index in [1.165, 1.54) is 0 Å². The average molecular weight is 301 g/mol. The maximum atomic E-state index is 12.3. The molecule has 112 valence electrons. The van der Waals surface area contributed by atoms with Gasteiger partial charge in [0.25, 0.3) is 0 Å². The van der Waals surface area contributed by atoms with E-state index >= 15 is 0 Å². The van der Waals surface area contributed by atoms with Crippen LogP contribution in [0.4, 0.5) is 0 Å². The monoisotopic (exact) mass is 301 g/mol. The van der Waals surface area contributed by atoms with Gasteiger partial charge in [-0.2, -0.15) is 0 Å². The molecule has 0 amide bonds. The Balaban J connectivity index is 2.80. The zero-order valence-electron chi connectivity index (χ0n) is 11.6. The van der Waals surface area contributed by atoms with E-state index in [-0.39, 0.29) is 19.6 Å². The van der Waals surface area contributed by atoms with Crippen molar-refractivity contribution >= 4 is 13.7 Å². The highest BCUT2D eigenvalue weighted by molar-refractivity contribution is 7.51. The lowest BCUT2D eigenvalue weighted by atomic mass is 10.1. The van der Waals surface area contributed by atoms with Crippen LogP contribution in [0.2, 0.25) is 0 Å². The summed E-state index contributed by atoms with van der Waals surface area (Å²) < 4.78 is 22.4. The van der Waals surface area contributed by atoms with Crippen LogP contribution >= 0.6 is 7.75 Å². The van der Waals surface area contributed by atoms with Gasteiger partial charge in [-0.25, -0.2) is 9.65 Å². The van der Waals surface area contributed by atoms with Gasteiger partial charge in [0, 0.05) is 0 Å². The van der Waals surface area contributed by atoms with E-state index < -0.39 is 19.8 Å². The predicted molar refractivity (Wildman–Crippen MR) is 75.6 cm³/mol.